The lowest BCUT2D eigenvalue weighted by Crippen LogP contribution is -2.45. The second-order valence-corrected chi connectivity index (χ2v) is 5.11. The van der Waals surface area contributed by atoms with Crippen molar-refractivity contribution in [3.05, 3.63) is 11.9 Å². The first kappa shape index (κ1) is 13.1. The molecule has 18 heavy (non-hydrogen) atoms. The second-order valence-electron chi connectivity index (χ2n) is 5.11. The number of hydrogen-bond donors (Lipinski definition) is 2. The predicted molar refractivity (Wildman–Crippen MR) is 71.7 cm³/mol. The van der Waals surface area contributed by atoms with Crippen LogP contribution >= 0.6 is 0 Å². The zero-order valence-corrected chi connectivity index (χ0v) is 11.4. The quantitative estimate of drug-likeness (QED) is 0.804. The summed E-state index contributed by atoms with van der Waals surface area (Å²) >= 11 is 0. The Morgan fingerprint density at radius 2 is 2.22 bits per heavy atom. The van der Waals surface area contributed by atoms with Crippen molar-refractivity contribution >= 4 is 5.82 Å². The van der Waals surface area contributed by atoms with Gasteiger partial charge in [-0.3, -0.25) is 0 Å². The molecule has 1 aliphatic rings. The van der Waals surface area contributed by atoms with E-state index >= 15 is 0 Å². The predicted octanol–water partition coefficient (Wildman–Crippen LogP) is 1.72. The van der Waals surface area contributed by atoms with E-state index < -0.39 is 0 Å². The van der Waals surface area contributed by atoms with Gasteiger partial charge >= 0.3 is 0 Å². The molecular formula is C13H22N4O. The molecule has 0 radical (unpaired) electrons. The van der Waals surface area contributed by atoms with Crippen LogP contribution in [0.4, 0.5) is 5.82 Å². The summed E-state index contributed by atoms with van der Waals surface area (Å²) in [6.45, 7) is 7.28. The number of nitrogens with two attached hydrogens (primary N) is 1. The first-order chi connectivity index (χ1) is 8.60. The molecule has 0 bridgehead atoms. The minimum atomic E-state index is -0.0808. The summed E-state index contributed by atoms with van der Waals surface area (Å²) in [4.78, 5) is 8.45. The number of anilines is 1. The number of nitrogens with one attached hydrogen (secondary N) is 1. The molecule has 1 fully saturated rings. The molecule has 100 valence electrons. The van der Waals surface area contributed by atoms with Crippen LogP contribution in [0.5, 0.6) is 5.88 Å². The zero-order chi connectivity index (χ0) is 13.2. The van der Waals surface area contributed by atoms with E-state index in [2.05, 4.69) is 22.2 Å². The molecule has 1 atom stereocenters. The van der Waals surface area contributed by atoms with Crippen molar-refractivity contribution in [2.24, 2.45) is 11.7 Å². The van der Waals surface area contributed by atoms with E-state index in [0.29, 0.717) is 24.9 Å². The number of nitrogens with zero attached hydrogens (tertiary/aromatic N) is 2. The van der Waals surface area contributed by atoms with Gasteiger partial charge in [-0.2, -0.15) is 0 Å². The maximum atomic E-state index is 5.91. The summed E-state index contributed by atoms with van der Waals surface area (Å²) in [7, 11) is 0. The van der Waals surface area contributed by atoms with E-state index in [0.717, 1.165) is 11.4 Å². The third-order valence-electron chi connectivity index (χ3n) is 3.63. The molecule has 1 heterocycles. The van der Waals surface area contributed by atoms with E-state index in [9.17, 15) is 0 Å². The molecule has 1 saturated carbocycles. The first-order valence-corrected chi connectivity index (χ1v) is 6.53. The fourth-order valence-corrected chi connectivity index (χ4v) is 2.15. The van der Waals surface area contributed by atoms with E-state index in [4.69, 9.17) is 10.5 Å². The molecule has 0 amide bonds. The third kappa shape index (κ3) is 2.56. The van der Waals surface area contributed by atoms with E-state index in [1.807, 2.05) is 13.8 Å². The van der Waals surface area contributed by atoms with Crippen LogP contribution in [0.3, 0.4) is 0 Å². The second kappa shape index (κ2) is 5.10. The van der Waals surface area contributed by atoms with Gasteiger partial charge in [0.25, 0.3) is 0 Å². The van der Waals surface area contributed by atoms with Crippen molar-refractivity contribution in [3.8, 4) is 5.88 Å². The van der Waals surface area contributed by atoms with E-state index in [-0.39, 0.29) is 5.54 Å². The van der Waals surface area contributed by atoms with Gasteiger partial charge in [0, 0.05) is 6.54 Å². The van der Waals surface area contributed by atoms with E-state index in [1.165, 1.54) is 19.2 Å². The molecule has 1 aromatic heterocycles. The molecule has 3 N–H and O–H groups in total. The number of ether oxygens (including phenoxy) is 1. The van der Waals surface area contributed by atoms with Gasteiger partial charge in [-0.15, -0.1) is 0 Å². The summed E-state index contributed by atoms with van der Waals surface area (Å²) in [5.41, 5.74) is 6.77. The highest BCUT2D eigenvalue weighted by Gasteiger charge is 2.41. The third-order valence-corrected chi connectivity index (χ3v) is 3.63. The van der Waals surface area contributed by atoms with Crippen LogP contribution < -0.4 is 15.8 Å². The Bertz CT molecular complexity index is 419. The molecule has 0 spiro atoms. The van der Waals surface area contributed by atoms with Gasteiger partial charge in [-0.05, 0) is 39.5 Å². The van der Waals surface area contributed by atoms with Crippen LogP contribution in [0.1, 0.15) is 32.3 Å². The maximum absolute atomic E-state index is 5.91. The van der Waals surface area contributed by atoms with Crippen molar-refractivity contribution < 1.29 is 4.74 Å². The van der Waals surface area contributed by atoms with Crippen LogP contribution in [-0.4, -0.2) is 28.7 Å². The van der Waals surface area contributed by atoms with Crippen molar-refractivity contribution in [1.82, 2.24) is 9.97 Å². The Hall–Kier alpha value is -1.36. The van der Waals surface area contributed by atoms with E-state index in [1.54, 1.807) is 0 Å². The van der Waals surface area contributed by atoms with Gasteiger partial charge in [0.15, 0.2) is 0 Å². The smallest absolute Gasteiger partial charge is 0.221 e. The van der Waals surface area contributed by atoms with Gasteiger partial charge in [0.1, 0.15) is 12.1 Å². The largest absolute Gasteiger partial charge is 0.478 e. The topological polar surface area (TPSA) is 73.1 Å². The van der Waals surface area contributed by atoms with Crippen LogP contribution in [0.25, 0.3) is 0 Å². The minimum Gasteiger partial charge on any atom is -0.478 e. The molecule has 0 saturated heterocycles. The Balaban J connectivity index is 2.20. The van der Waals surface area contributed by atoms with Crippen LogP contribution in [-0.2, 0) is 0 Å². The van der Waals surface area contributed by atoms with Gasteiger partial charge in [-0.1, -0.05) is 0 Å². The fraction of sp³-hybridized carbons (Fsp3) is 0.692. The van der Waals surface area contributed by atoms with Gasteiger partial charge < -0.3 is 15.8 Å². The van der Waals surface area contributed by atoms with Gasteiger partial charge in [-0.25, -0.2) is 9.97 Å². The Morgan fingerprint density at radius 3 is 2.78 bits per heavy atom. The molecule has 1 aromatic rings. The number of aromatic nitrogens is 2. The summed E-state index contributed by atoms with van der Waals surface area (Å²) < 4.78 is 5.48. The minimum absolute atomic E-state index is 0.0808. The Labute approximate surface area is 108 Å². The number of hydrogen-bond acceptors (Lipinski definition) is 5. The molecule has 0 aliphatic heterocycles. The van der Waals surface area contributed by atoms with Gasteiger partial charge in [0.05, 0.1) is 17.7 Å². The summed E-state index contributed by atoms with van der Waals surface area (Å²) in [6, 6.07) is 0. The monoisotopic (exact) mass is 250 g/mol. The Kier molecular flexibility index (Phi) is 3.71. The van der Waals surface area contributed by atoms with Crippen LogP contribution in [0, 0.1) is 12.8 Å². The molecule has 1 unspecified atom stereocenters. The molecule has 0 aromatic carbocycles. The van der Waals surface area contributed by atoms with Crippen molar-refractivity contribution in [1.29, 1.82) is 0 Å². The average molecular weight is 250 g/mol. The average Bonchev–Trinajstić information content (AvgIpc) is 3.19. The Morgan fingerprint density at radius 1 is 1.50 bits per heavy atom. The molecule has 5 heteroatoms. The molecule has 1 aliphatic carbocycles. The first-order valence-electron chi connectivity index (χ1n) is 6.53. The fourth-order valence-electron chi connectivity index (χ4n) is 2.15. The van der Waals surface area contributed by atoms with Crippen molar-refractivity contribution in [3.63, 3.8) is 0 Å². The normalized spacial score (nSPS) is 18.2. The highest BCUT2D eigenvalue weighted by molar-refractivity contribution is 5.50. The number of rotatable bonds is 6. The SMILES string of the molecule is CCOc1ncnc(NC(C)(CN)C2CC2)c1C. The highest BCUT2D eigenvalue weighted by atomic mass is 16.5. The summed E-state index contributed by atoms with van der Waals surface area (Å²) in [5.74, 6) is 2.12. The zero-order valence-electron chi connectivity index (χ0n) is 11.4. The van der Waals surface area contributed by atoms with Crippen LogP contribution in [0.2, 0.25) is 0 Å². The molecule has 5 nitrogen and oxygen atoms in total. The highest BCUT2D eigenvalue weighted by Crippen LogP contribution is 2.41. The molecule has 2 rings (SSSR count). The van der Waals surface area contributed by atoms with Crippen molar-refractivity contribution in [2.45, 2.75) is 39.2 Å². The maximum Gasteiger partial charge on any atom is 0.221 e. The lowest BCUT2D eigenvalue weighted by atomic mass is 9.96. The van der Waals surface area contributed by atoms with Gasteiger partial charge in [0.2, 0.25) is 5.88 Å². The van der Waals surface area contributed by atoms with Crippen molar-refractivity contribution in [2.75, 3.05) is 18.5 Å². The lowest BCUT2D eigenvalue weighted by Gasteiger charge is -2.30. The molecular weight excluding hydrogens is 228 g/mol. The summed E-state index contributed by atoms with van der Waals surface area (Å²) in [5, 5.41) is 3.48. The van der Waals surface area contributed by atoms with Crippen LogP contribution in [0.15, 0.2) is 6.33 Å². The standard InChI is InChI=1S/C13H22N4O/c1-4-18-12-9(2)11(15-8-16-12)17-13(3,7-14)10-5-6-10/h8,10H,4-7,14H2,1-3H3,(H,15,16,17). The summed E-state index contributed by atoms with van der Waals surface area (Å²) in [6.07, 6.45) is 4.01. The lowest BCUT2D eigenvalue weighted by molar-refractivity contribution is 0.323.